The molecular weight excluding hydrogens is 290 g/mol. The Morgan fingerprint density at radius 3 is 3.10 bits per heavy atom. The molecule has 2 fully saturated rings. The fraction of sp³-hybridized carbons (Fsp3) is 0.286. The molecule has 1 N–H and O–H groups in total. The van der Waals surface area contributed by atoms with Crippen LogP contribution in [-0.4, -0.2) is 39.5 Å². The maximum absolute atomic E-state index is 12.5. The summed E-state index contributed by atoms with van der Waals surface area (Å²) < 4.78 is 5.38. The van der Waals surface area contributed by atoms with Crippen LogP contribution in [0.1, 0.15) is 18.4 Å². The van der Waals surface area contributed by atoms with Crippen LogP contribution < -0.4 is 5.32 Å². The van der Waals surface area contributed by atoms with Gasteiger partial charge in [0.2, 0.25) is 0 Å². The standard InChI is InChI=1S/C14H13N3O3S/c18-12-10(7-9-3-1-5-15-8-9)17(14(21)16-12)13(19)11-4-2-6-20-11/h1,3,5,7-8,11H,2,4,6H2,(H,16,18,21). The Kier molecular flexibility index (Phi) is 3.76. The minimum absolute atomic E-state index is 0.0932. The van der Waals surface area contributed by atoms with Gasteiger partial charge in [-0.3, -0.25) is 19.9 Å². The van der Waals surface area contributed by atoms with Gasteiger partial charge in [0.1, 0.15) is 11.8 Å². The van der Waals surface area contributed by atoms with Crippen LogP contribution in [0.5, 0.6) is 0 Å². The Balaban J connectivity index is 1.92. The number of nitrogens with zero attached hydrogens (tertiary/aromatic N) is 2. The summed E-state index contributed by atoms with van der Waals surface area (Å²) in [6.45, 7) is 0.556. The minimum Gasteiger partial charge on any atom is -0.368 e. The highest BCUT2D eigenvalue weighted by molar-refractivity contribution is 7.80. The summed E-state index contributed by atoms with van der Waals surface area (Å²) in [4.78, 5) is 29.7. The summed E-state index contributed by atoms with van der Waals surface area (Å²) >= 11 is 5.08. The van der Waals surface area contributed by atoms with Crippen LogP contribution in [0.2, 0.25) is 0 Å². The van der Waals surface area contributed by atoms with Crippen molar-refractivity contribution in [1.82, 2.24) is 15.2 Å². The molecule has 1 atom stereocenters. The molecule has 2 saturated heterocycles. The molecule has 3 heterocycles. The van der Waals surface area contributed by atoms with E-state index in [0.717, 1.165) is 12.0 Å². The lowest BCUT2D eigenvalue weighted by atomic mass is 10.2. The van der Waals surface area contributed by atoms with Crippen LogP contribution >= 0.6 is 12.2 Å². The Morgan fingerprint density at radius 1 is 1.57 bits per heavy atom. The van der Waals surface area contributed by atoms with Crippen LogP contribution in [0.4, 0.5) is 0 Å². The molecule has 0 radical (unpaired) electrons. The van der Waals surface area contributed by atoms with Gasteiger partial charge in [-0.25, -0.2) is 4.90 Å². The molecular formula is C14H13N3O3S. The number of rotatable bonds is 2. The van der Waals surface area contributed by atoms with E-state index in [1.54, 1.807) is 30.6 Å². The first-order valence-electron chi connectivity index (χ1n) is 6.59. The Bertz CT molecular complexity index is 624. The lowest BCUT2D eigenvalue weighted by Crippen LogP contribution is -2.40. The second-order valence-corrected chi connectivity index (χ2v) is 5.14. The molecule has 0 bridgehead atoms. The highest BCUT2D eigenvalue weighted by Crippen LogP contribution is 2.22. The quantitative estimate of drug-likeness (QED) is 0.648. The summed E-state index contributed by atoms with van der Waals surface area (Å²) in [5.41, 5.74) is 0.922. The Morgan fingerprint density at radius 2 is 2.43 bits per heavy atom. The first-order valence-corrected chi connectivity index (χ1v) is 7.00. The zero-order chi connectivity index (χ0) is 14.8. The van der Waals surface area contributed by atoms with E-state index in [2.05, 4.69) is 10.3 Å². The van der Waals surface area contributed by atoms with E-state index in [-0.39, 0.29) is 16.7 Å². The van der Waals surface area contributed by atoms with Gasteiger partial charge in [-0.2, -0.15) is 0 Å². The minimum atomic E-state index is -0.534. The van der Waals surface area contributed by atoms with Crippen molar-refractivity contribution in [3.63, 3.8) is 0 Å². The molecule has 6 nitrogen and oxygen atoms in total. The second kappa shape index (κ2) is 5.71. The topological polar surface area (TPSA) is 71.5 Å². The summed E-state index contributed by atoms with van der Waals surface area (Å²) in [6.07, 6.45) is 5.78. The summed E-state index contributed by atoms with van der Waals surface area (Å²) in [6, 6.07) is 3.55. The maximum Gasteiger partial charge on any atom is 0.274 e. The van der Waals surface area contributed by atoms with Gasteiger partial charge in [0.05, 0.1) is 0 Å². The first kappa shape index (κ1) is 13.8. The number of carbonyl (C=O) groups excluding carboxylic acids is 2. The van der Waals surface area contributed by atoms with E-state index in [1.165, 1.54) is 4.90 Å². The zero-order valence-electron chi connectivity index (χ0n) is 11.1. The molecule has 1 aromatic heterocycles. The number of carbonyl (C=O) groups is 2. The number of thiocarbonyl (C=S) groups is 1. The van der Waals surface area contributed by atoms with Gasteiger partial charge in [0, 0.05) is 19.0 Å². The van der Waals surface area contributed by atoms with Crippen molar-refractivity contribution < 1.29 is 14.3 Å². The number of pyridine rings is 1. The predicted molar refractivity (Wildman–Crippen MR) is 78.8 cm³/mol. The SMILES string of the molecule is O=C1NC(=S)N(C(=O)C2CCCO2)C1=Cc1cccnc1. The van der Waals surface area contributed by atoms with Crippen LogP contribution in [0.15, 0.2) is 30.2 Å². The molecule has 7 heteroatoms. The second-order valence-electron chi connectivity index (χ2n) is 4.75. The van der Waals surface area contributed by atoms with Gasteiger partial charge in [-0.05, 0) is 42.8 Å². The number of aromatic nitrogens is 1. The van der Waals surface area contributed by atoms with E-state index in [1.807, 2.05) is 0 Å². The molecule has 0 saturated carbocycles. The lowest BCUT2D eigenvalue weighted by Gasteiger charge is -2.19. The number of ether oxygens (including phenoxy) is 1. The Hall–Kier alpha value is -2.12. The maximum atomic E-state index is 12.5. The molecule has 3 rings (SSSR count). The summed E-state index contributed by atoms with van der Waals surface area (Å²) in [5, 5.41) is 2.59. The monoisotopic (exact) mass is 303 g/mol. The zero-order valence-corrected chi connectivity index (χ0v) is 11.9. The van der Waals surface area contributed by atoms with E-state index < -0.39 is 12.0 Å². The van der Waals surface area contributed by atoms with Crippen molar-refractivity contribution in [3.05, 3.63) is 35.8 Å². The number of amides is 2. The van der Waals surface area contributed by atoms with Crippen molar-refractivity contribution in [2.45, 2.75) is 18.9 Å². The van der Waals surface area contributed by atoms with E-state index in [9.17, 15) is 9.59 Å². The third-order valence-electron chi connectivity index (χ3n) is 3.31. The molecule has 0 spiro atoms. The van der Waals surface area contributed by atoms with Gasteiger partial charge in [-0.15, -0.1) is 0 Å². The van der Waals surface area contributed by atoms with E-state index in [0.29, 0.717) is 13.0 Å². The van der Waals surface area contributed by atoms with Crippen LogP contribution in [0.25, 0.3) is 6.08 Å². The van der Waals surface area contributed by atoms with Crippen LogP contribution in [0.3, 0.4) is 0 Å². The van der Waals surface area contributed by atoms with E-state index >= 15 is 0 Å². The number of hydrogen-bond donors (Lipinski definition) is 1. The molecule has 1 unspecified atom stereocenters. The molecule has 21 heavy (non-hydrogen) atoms. The number of nitrogens with one attached hydrogen (secondary N) is 1. The molecule has 108 valence electrons. The van der Waals surface area contributed by atoms with Gasteiger partial charge in [0.25, 0.3) is 11.8 Å². The normalized spacial score (nSPS) is 23.7. The predicted octanol–water partition coefficient (Wildman–Crippen LogP) is 0.845. The van der Waals surface area contributed by atoms with Crippen LogP contribution in [0, 0.1) is 0 Å². The summed E-state index contributed by atoms with van der Waals surface area (Å²) in [5.74, 6) is -0.693. The fourth-order valence-electron chi connectivity index (χ4n) is 2.31. The Labute approximate surface area is 126 Å². The average Bonchev–Trinajstić information content (AvgIpc) is 3.09. The average molecular weight is 303 g/mol. The van der Waals surface area contributed by atoms with Gasteiger partial charge in [-0.1, -0.05) is 6.07 Å². The molecule has 2 amide bonds. The first-order chi connectivity index (χ1) is 10.2. The van der Waals surface area contributed by atoms with Crippen LogP contribution in [-0.2, 0) is 14.3 Å². The van der Waals surface area contributed by atoms with Crippen molar-refractivity contribution in [1.29, 1.82) is 0 Å². The van der Waals surface area contributed by atoms with Crippen molar-refractivity contribution in [2.24, 2.45) is 0 Å². The molecule has 1 aromatic rings. The summed E-state index contributed by atoms with van der Waals surface area (Å²) in [7, 11) is 0. The molecule has 2 aliphatic rings. The molecule has 0 aromatic carbocycles. The third-order valence-corrected chi connectivity index (χ3v) is 3.60. The van der Waals surface area contributed by atoms with Crippen molar-refractivity contribution in [2.75, 3.05) is 6.61 Å². The lowest BCUT2D eigenvalue weighted by molar-refractivity contribution is -0.135. The number of hydrogen-bond acceptors (Lipinski definition) is 5. The smallest absolute Gasteiger partial charge is 0.274 e. The molecule has 0 aliphatic carbocycles. The highest BCUT2D eigenvalue weighted by Gasteiger charge is 2.39. The van der Waals surface area contributed by atoms with Crippen molar-refractivity contribution >= 4 is 35.2 Å². The third kappa shape index (κ3) is 2.70. The van der Waals surface area contributed by atoms with Crippen molar-refractivity contribution in [3.8, 4) is 0 Å². The fourth-order valence-corrected chi connectivity index (χ4v) is 2.59. The van der Waals surface area contributed by atoms with E-state index in [4.69, 9.17) is 17.0 Å². The molecule has 2 aliphatic heterocycles. The van der Waals surface area contributed by atoms with Gasteiger partial charge >= 0.3 is 0 Å². The van der Waals surface area contributed by atoms with Gasteiger partial charge in [0.15, 0.2) is 5.11 Å². The largest absolute Gasteiger partial charge is 0.368 e. The van der Waals surface area contributed by atoms with Gasteiger partial charge < -0.3 is 4.74 Å². The highest BCUT2D eigenvalue weighted by atomic mass is 32.1.